The van der Waals surface area contributed by atoms with E-state index in [1.807, 2.05) is 13.0 Å². The van der Waals surface area contributed by atoms with Crippen LogP contribution >= 0.6 is 0 Å². The van der Waals surface area contributed by atoms with Crippen molar-refractivity contribution in [1.29, 1.82) is 0 Å². The van der Waals surface area contributed by atoms with Gasteiger partial charge in [-0.25, -0.2) is 0 Å². The van der Waals surface area contributed by atoms with Crippen molar-refractivity contribution in [1.82, 2.24) is 0 Å². The summed E-state index contributed by atoms with van der Waals surface area (Å²) in [6.07, 6.45) is 12.6. The standard InChI is InChI=1S/C13H20.CH4/c1-5-7-9-13(4)11-8-10-12(3)6-2;/h5-6,8,10-11H,1,7,9H2,2-4H3;1H4. The third kappa shape index (κ3) is 9.05. The van der Waals surface area contributed by atoms with E-state index < -0.39 is 0 Å². The van der Waals surface area contributed by atoms with E-state index in [1.165, 1.54) is 11.1 Å². The molecule has 0 N–H and O–H groups in total. The van der Waals surface area contributed by atoms with E-state index >= 15 is 0 Å². The Morgan fingerprint density at radius 1 is 1.29 bits per heavy atom. The number of rotatable bonds is 5. The molecule has 0 heterocycles. The monoisotopic (exact) mass is 192 g/mol. The molecule has 0 aromatic rings. The molecular formula is C14H24. The lowest BCUT2D eigenvalue weighted by Crippen LogP contribution is -1.73. The second-order valence-corrected chi connectivity index (χ2v) is 3.23. The minimum Gasteiger partial charge on any atom is -0.103 e. The zero-order chi connectivity index (χ0) is 10.1. The molecule has 0 radical (unpaired) electrons. The van der Waals surface area contributed by atoms with Gasteiger partial charge in [0.15, 0.2) is 0 Å². The van der Waals surface area contributed by atoms with Gasteiger partial charge in [-0.15, -0.1) is 6.58 Å². The molecule has 0 aliphatic rings. The topological polar surface area (TPSA) is 0 Å². The molecule has 0 heteroatoms. The van der Waals surface area contributed by atoms with E-state index in [1.54, 1.807) is 0 Å². The first-order valence-electron chi connectivity index (χ1n) is 4.78. The van der Waals surface area contributed by atoms with Crippen LogP contribution in [0.5, 0.6) is 0 Å². The minimum absolute atomic E-state index is 0. The van der Waals surface area contributed by atoms with Gasteiger partial charge in [0.1, 0.15) is 0 Å². The quantitative estimate of drug-likeness (QED) is 0.422. The summed E-state index contributed by atoms with van der Waals surface area (Å²) in [7, 11) is 0. The highest BCUT2D eigenvalue weighted by molar-refractivity contribution is 5.21. The predicted octanol–water partition coefficient (Wildman–Crippen LogP) is 5.06. The summed E-state index contributed by atoms with van der Waals surface area (Å²) >= 11 is 0. The summed E-state index contributed by atoms with van der Waals surface area (Å²) in [5, 5.41) is 0. The zero-order valence-electron chi connectivity index (χ0n) is 9.01. The number of hydrogen-bond acceptors (Lipinski definition) is 0. The Labute approximate surface area is 89.7 Å². The molecule has 0 aliphatic heterocycles. The highest BCUT2D eigenvalue weighted by atomic mass is 13.9. The van der Waals surface area contributed by atoms with E-state index in [2.05, 4.69) is 44.7 Å². The van der Waals surface area contributed by atoms with Gasteiger partial charge in [-0.05, 0) is 33.6 Å². The molecule has 80 valence electrons. The second-order valence-electron chi connectivity index (χ2n) is 3.23. The molecule has 0 amide bonds. The summed E-state index contributed by atoms with van der Waals surface area (Å²) in [5.41, 5.74) is 2.70. The van der Waals surface area contributed by atoms with Crippen molar-refractivity contribution in [3.05, 3.63) is 48.1 Å². The lowest BCUT2D eigenvalue weighted by molar-refractivity contribution is 0.980. The van der Waals surface area contributed by atoms with Gasteiger partial charge in [0.25, 0.3) is 0 Å². The highest BCUT2D eigenvalue weighted by Gasteiger charge is 1.84. The molecule has 0 rings (SSSR count). The third-order valence-corrected chi connectivity index (χ3v) is 1.94. The average Bonchev–Trinajstić information content (AvgIpc) is 2.14. The van der Waals surface area contributed by atoms with Gasteiger partial charge in [-0.3, -0.25) is 0 Å². The second kappa shape index (κ2) is 10.0. The molecule has 0 aromatic carbocycles. The normalized spacial score (nSPS) is 12.8. The van der Waals surface area contributed by atoms with Crippen molar-refractivity contribution in [3.63, 3.8) is 0 Å². The molecular weight excluding hydrogens is 168 g/mol. The lowest BCUT2D eigenvalue weighted by Gasteiger charge is -1.94. The van der Waals surface area contributed by atoms with Gasteiger partial charge in [0, 0.05) is 0 Å². The molecule has 0 aromatic heterocycles. The first-order valence-corrected chi connectivity index (χ1v) is 4.78. The van der Waals surface area contributed by atoms with E-state index in [4.69, 9.17) is 0 Å². The summed E-state index contributed by atoms with van der Waals surface area (Å²) in [4.78, 5) is 0. The summed E-state index contributed by atoms with van der Waals surface area (Å²) in [6, 6.07) is 0. The van der Waals surface area contributed by atoms with Crippen LogP contribution in [0.4, 0.5) is 0 Å². The lowest BCUT2D eigenvalue weighted by atomic mass is 10.1. The van der Waals surface area contributed by atoms with E-state index in [9.17, 15) is 0 Å². The third-order valence-electron chi connectivity index (χ3n) is 1.94. The van der Waals surface area contributed by atoms with E-state index in [0.29, 0.717) is 0 Å². The van der Waals surface area contributed by atoms with Gasteiger partial charge in [-0.2, -0.15) is 0 Å². The molecule has 0 atom stereocenters. The van der Waals surface area contributed by atoms with Crippen LogP contribution in [-0.4, -0.2) is 0 Å². The van der Waals surface area contributed by atoms with Crippen LogP contribution in [0.2, 0.25) is 0 Å². The van der Waals surface area contributed by atoms with Crippen molar-refractivity contribution in [2.45, 2.75) is 41.0 Å². The first-order chi connectivity index (χ1) is 6.20. The smallest absolute Gasteiger partial charge is 0.0285 e. The molecule has 0 unspecified atom stereocenters. The number of allylic oxidation sites excluding steroid dienone is 7. The number of hydrogen-bond donors (Lipinski definition) is 0. The molecule has 0 nitrogen and oxygen atoms in total. The maximum atomic E-state index is 3.70. The van der Waals surface area contributed by atoms with Crippen LogP contribution < -0.4 is 0 Å². The molecule has 0 aliphatic carbocycles. The van der Waals surface area contributed by atoms with Crippen LogP contribution in [0.1, 0.15) is 41.0 Å². The molecule has 0 saturated heterocycles. The van der Waals surface area contributed by atoms with Crippen LogP contribution in [0.15, 0.2) is 48.1 Å². The zero-order valence-corrected chi connectivity index (χ0v) is 9.01. The fourth-order valence-corrected chi connectivity index (χ4v) is 0.873. The molecule has 0 spiro atoms. The SMILES string of the molecule is C.C=CCCC(C)=CC=CC(C)=CC. The minimum atomic E-state index is 0. The summed E-state index contributed by atoms with van der Waals surface area (Å²) in [5.74, 6) is 0. The van der Waals surface area contributed by atoms with Crippen LogP contribution in [0.25, 0.3) is 0 Å². The van der Waals surface area contributed by atoms with Gasteiger partial charge in [0.05, 0.1) is 0 Å². The largest absolute Gasteiger partial charge is 0.103 e. The van der Waals surface area contributed by atoms with Crippen molar-refractivity contribution < 1.29 is 0 Å². The Morgan fingerprint density at radius 2 is 1.93 bits per heavy atom. The Hall–Kier alpha value is -1.04. The summed E-state index contributed by atoms with van der Waals surface area (Å²) < 4.78 is 0. The van der Waals surface area contributed by atoms with Crippen molar-refractivity contribution in [2.75, 3.05) is 0 Å². The van der Waals surface area contributed by atoms with Gasteiger partial charge >= 0.3 is 0 Å². The van der Waals surface area contributed by atoms with Crippen LogP contribution in [0, 0.1) is 0 Å². The Balaban J connectivity index is 0. The van der Waals surface area contributed by atoms with Gasteiger partial charge in [-0.1, -0.05) is 49.0 Å². The molecule has 0 bridgehead atoms. The average molecular weight is 192 g/mol. The highest BCUT2D eigenvalue weighted by Crippen LogP contribution is 2.04. The van der Waals surface area contributed by atoms with Crippen molar-refractivity contribution in [2.24, 2.45) is 0 Å². The van der Waals surface area contributed by atoms with Gasteiger partial charge < -0.3 is 0 Å². The Kier molecular flexibility index (Phi) is 11.1. The van der Waals surface area contributed by atoms with E-state index in [-0.39, 0.29) is 7.43 Å². The predicted molar refractivity (Wildman–Crippen MR) is 68.5 cm³/mol. The van der Waals surface area contributed by atoms with E-state index in [0.717, 1.165) is 12.8 Å². The molecule has 0 fully saturated rings. The molecule has 14 heavy (non-hydrogen) atoms. The first kappa shape index (κ1) is 15.4. The van der Waals surface area contributed by atoms with Crippen molar-refractivity contribution >= 4 is 0 Å². The fourth-order valence-electron chi connectivity index (χ4n) is 0.873. The van der Waals surface area contributed by atoms with Gasteiger partial charge in [0.2, 0.25) is 0 Å². The summed E-state index contributed by atoms with van der Waals surface area (Å²) in [6.45, 7) is 10.0. The Morgan fingerprint density at radius 3 is 2.43 bits per heavy atom. The Bertz CT molecular complexity index is 226. The van der Waals surface area contributed by atoms with Crippen molar-refractivity contribution in [3.8, 4) is 0 Å². The van der Waals surface area contributed by atoms with Crippen LogP contribution in [0.3, 0.4) is 0 Å². The maximum absolute atomic E-state index is 3.70. The molecule has 0 saturated carbocycles. The fraction of sp³-hybridized carbons (Fsp3) is 0.429. The maximum Gasteiger partial charge on any atom is -0.0285 e. The van der Waals surface area contributed by atoms with Crippen LogP contribution in [-0.2, 0) is 0 Å².